The van der Waals surface area contributed by atoms with Gasteiger partial charge in [-0.15, -0.1) is 0 Å². The van der Waals surface area contributed by atoms with Gasteiger partial charge in [0.05, 0.1) is 5.60 Å². The number of ether oxygens (including phenoxy) is 1. The Morgan fingerprint density at radius 3 is 2.24 bits per heavy atom. The summed E-state index contributed by atoms with van der Waals surface area (Å²) in [5.41, 5.74) is -0.823. The summed E-state index contributed by atoms with van der Waals surface area (Å²) in [6.45, 7) is 2.97. The van der Waals surface area contributed by atoms with Gasteiger partial charge in [0.25, 0.3) is 0 Å². The van der Waals surface area contributed by atoms with E-state index in [0.29, 0.717) is 11.2 Å². The molecule has 2 saturated carbocycles. The van der Waals surface area contributed by atoms with E-state index in [-0.39, 0.29) is 11.3 Å². The fourth-order valence-electron chi connectivity index (χ4n) is 3.77. The first-order valence-corrected chi connectivity index (χ1v) is 7.12. The van der Waals surface area contributed by atoms with E-state index in [1.54, 1.807) is 0 Å². The molecule has 0 aromatic carbocycles. The lowest BCUT2D eigenvalue weighted by Crippen LogP contribution is -2.54. The monoisotopic (exact) mass is 314 g/mol. The third-order valence-corrected chi connectivity index (χ3v) is 5.73. The van der Waals surface area contributed by atoms with Crippen molar-refractivity contribution in [2.75, 3.05) is 11.9 Å². The Hall–Kier alpha value is 0.230. The van der Waals surface area contributed by atoms with Crippen molar-refractivity contribution in [1.82, 2.24) is 0 Å². The zero-order chi connectivity index (χ0) is 12.9. The summed E-state index contributed by atoms with van der Waals surface area (Å²) in [5.74, 6) is 0.766. The lowest BCUT2D eigenvalue weighted by Gasteiger charge is -2.48. The van der Waals surface area contributed by atoms with Crippen molar-refractivity contribution >= 4 is 15.9 Å². The van der Waals surface area contributed by atoms with Gasteiger partial charge in [0.15, 0.2) is 0 Å². The topological polar surface area (TPSA) is 9.23 Å². The molecule has 2 bridgehead atoms. The number of fused-ring (bicyclic) bond motifs is 2. The van der Waals surface area contributed by atoms with Gasteiger partial charge in [-0.3, -0.25) is 0 Å². The summed E-state index contributed by atoms with van der Waals surface area (Å²) in [5, 5.41) is 0.490. The molecule has 0 saturated heterocycles. The number of halogens is 4. The van der Waals surface area contributed by atoms with Gasteiger partial charge in [0, 0.05) is 5.33 Å². The Kier molecular flexibility index (Phi) is 3.31. The third-order valence-electron chi connectivity index (χ3n) is 4.90. The van der Waals surface area contributed by atoms with Crippen molar-refractivity contribution in [3.05, 3.63) is 0 Å². The van der Waals surface area contributed by atoms with Crippen LogP contribution < -0.4 is 0 Å². The van der Waals surface area contributed by atoms with Crippen molar-refractivity contribution in [3.8, 4) is 0 Å². The second kappa shape index (κ2) is 4.12. The second-order valence-electron chi connectivity index (χ2n) is 5.86. The van der Waals surface area contributed by atoms with Crippen LogP contribution in [0.1, 0.15) is 33.1 Å². The molecule has 5 heteroatoms. The van der Waals surface area contributed by atoms with Crippen LogP contribution in [0.3, 0.4) is 0 Å². The standard InChI is InChI=1S/C12H18BrF3O/c1-10(2)8-3-4-9(5-8)11(10,6-13)17-7-12(14,15)16/h8-9H,3-7H2,1-2H3. The van der Waals surface area contributed by atoms with Gasteiger partial charge in [-0.1, -0.05) is 29.8 Å². The molecule has 0 spiro atoms. The van der Waals surface area contributed by atoms with E-state index < -0.39 is 18.4 Å². The van der Waals surface area contributed by atoms with Gasteiger partial charge in [-0.2, -0.15) is 13.2 Å². The summed E-state index contributed by atoms with van der Waals surface area (Å²) in [6.07, 6.45) is -1.11. The Balaban J connectivity index is 2.19. The van der Waals surface area contributed by atoms with E-state index in [9.17, 15) is 13.2 Å². The number of hydrogen-bond acceptors (Lipinski definition) is 1. The smallest absolute Gasteiger partial charge is 0.364 e. The highest BCUT2D eigenvalue weighted by Crippen LogP contribution is 2.63. The molecule has 0 aromatic heterocycles. The first kappa shape index (κ1) is 13.7. The third kappa shape index (κ3) is 2.03. The van der Waals surface area contributed by atoms with Gasteiger partial charge in [-0.05, 0) is 36.5 Å². The largest absolute Gasteiger partial charge is 0.411 e. The molecule has 2 fully saturated rings. The Bertz CT molecular complexity index is 303. The predicted octanol–water partition coefficient (Wildman–Crippen LogP) is 4.16. The van der Waals surface area contributed by atoms with Gasteiger partial charge in [0.2, 0.25) is 0 Å². The fourth-order valence-corrected chi connectivity index (χ4v) is 5.11. The van der Waals surface area contributed by atoms with Crippen molar-refractivity contribution in [2.24, 2.45) is 17.3 Å². The van der Waals surface area contributed by atoms with Crippen LogP contribution in [0.2, 0.25) is 0 Å². The van der Waals surface area contributed by atoms with E-state index in [0.717, 1.165) is 19.3 Å². The maximum atomic E-state index is 12.4. The summed E-state index contributed by atoms with van der Waals surface area (Å²) in [7, 11) is 0. The molecule has 0 aromatic rings. The van der Waals surface area contributed by atoms with Crippen LogP contribution in [-0.4, -0.2) is 23.7 Å². The number of hydrogen-bond donors (Lipinski definition) is 0. The summed E-state index contributed by atoms with van der Waals surface area (Å²) in [6, 6.07) is 0. The summed E-state index contributed by atoms with van der Waals surface area (Å²) in [4.78, 5) is 0. The van der Waals surface area contributed by atoms with Crippen molar-refractivity contribution in [3.63, 3.8) is 0 Å². The van der Waals surface area contributed by atoms with E-state index >= 15 is 0 Å². The maximum absolute atomic E-state index is 12.4. The number of rotatable bonds is 3. The molecule has 2 rings (SSSR count). The molecule has 0 heterocycles. The molecule has 0 N–H and O–H groups in total. The molecule has 0 aliphatic heterocycles. The first-order chi connectivity index (χ1) is 7.73. The van der Waals surface area contributed by atoms with Gasteiger partial charge in [-0.25, -0.2) is 0 Å². The minimum absolute atomic E-state index is 0.176. The van der Waals surface area contributed by atoms with E-state index in [2.05, 4.69) is 29.8 Å². The van der Waals surface area contributed by atoms with Crippen LogP contribution >= 0.6 is 15.9 Å². The Labute approximate surface area is 108 Å². The predicted molar refractivity (Wildman–Crippen MR) is 63.1 cm³/mol. The molecular weight excluding hydrogens is 297 g/mol. The zero-order valence-electron chi connectivity index (χ0n) is 10.1. The molecule has 1 nitrogen and oxygen atoms in total. The molecule has 2 aliphatic carbocycles. The molecular formula is C12H18BrF3O. The number of alkyl halides is 4. The van der Waals surface area contributed by atoms with Crippen molar-refractivity contribution in [1.29, 1.82) is 0 Å². The second-order valence-corrected chi connectivity index (χ2v) is 6.42. The SMILES string of the molecule is CC1(C)C2CCC(C2)C1(CBr)OCC(F)(F)F. The molecule has 0 amide bonds. The minimum Gasteiger partial charge on any atom is -0.364 e. The van der Waals surface area contributed by atoms with Gasteiger partial charge >= 0.3 is 6.18 Å². The molecule has 2 aliphatic rings. The van der Waals surface area contributed by atoms with Crippen molar-refractivity contribution in [2.45, 2.75) is 44.9 Å². The molecule has 3 unspecified atom stereocenters. The minimum atomic E-state index is -4.24. The average Bonchev–Trinajstić information content (AvgIpc) is 2.73. The van der Waals surface area contributed by atoms with Crippen LogP contribution in [0.25, 0.3) is 0 Å². The van der Waals surface area contributed by atoms with E-state index in [4.69, 9.17) is 4.74 Å². The molecule has 3 atom stereocenters. The highest BCUT2D eigenvalue weighted by atomic mass is 79.9. The molecule has 100 valence electrons. The summed E-state index contributed by atoms with van der Waals surface area (Å²) >= 11 is 3.39. The first-order valence-electron chi connectivity index (χ1n) is 5.99. The van der Waals surface area contributed by atoms with Crippen LogP contribution in [0.15, 0.2) is 0 Å². The van der Waals surface area contributed by atoms with Gasteiger partial charge in [0.1, 0.15) is 6.61 Å². The van der Waals surface area contributed by atoms with Crippen LogP contribution in [0.4, 0.5) is 13.2 Å². The average molecular weight is 315 g/mol. The van der Waals surface area contributed by atoms with E-state index in [1.807, 2.05) is 0 Å². The maximum Gasteiger partial charge on any atom is 0.411 e. The lowest BCUT2D eigenvalue weighted by atomic mass is 9.66. The molecule has 17 heavy (non-hydrogen) atoms. The van der Waals surface area contributed by atoms with Crippen LogP contribution in [0, 0.1) is 17.3 Å². The lowest BCUT2D eigenvalue weighted by molar-refractivity contribution is -0.231. The normalized spacial score (nSPS) is 39.9. The Morgan fingerprint density at radius 2 is 1.82 bits per heavy atom. The highest BCUT2D eigenvalue weighted by molar-refractivity contribution is 9.09. The quantitative estimate of drug-likeness (QED) is 0.711. The molecule has 0 radical (unpaired) electrons. The summed E-state index contributed by atoms with van der Waals surface area (Å²) < 4.78 is 42.5. The Morgan fingerprint density at radius 1 is 1.24 bits per heavy atom. The zero-order valence-corrected chi connectivity index (χ0v) is 11.7. The van der Waals surface area contributed by atoms with Gasteiger partial charge < -0.3 is 4.74 Å². The van der Waals surface area contributed by atoms with E-state index in [1.165, 1.54) is 0 Å². The van der Waals surface area contributed by atoms with Crippen LogP contribution in [-0.2, 0) is 4.74 Å². The highest BCUT2D eigenvalue weighted by Gasteiger charge is 2.63. The fraction of sp³-hybridized carbons (Fsp3) is 1.00. The van der Waals surface area contributed by atoms with Crippen molar-refractivity contribution < 1.29 is 17.9 Å². The van der Waals surface area contributed by atoms with Crippen LogP contribution in [0.5, 0.6) is 0 Å².